The molecule has 0 aliphatic carbocycles. The second-order valence-electron chi connectivity index (χ2n) is 4.26. The summed E-state index contributed by atoms with van der Waals surface area (Å²) in [6.07, 6.45) is 4.63. The number of rotatable bonds is 7. The maximum Gasteiger partial charge on any atom is 0.226 e. The molecule has 5 nitrogen and oxygen atoms in total. The zero-order valence-electron chi connectivity index (χ0n) is 11.3. The third kappa shape index (κ3) is 4.40. The molecule has 0 unspecified atom stereocenters. The first-order valence-corrected chi connectivity index (χ1v) is 7.28. The second kappa shape index (κ2) is 7.72. The molecule has 0 bridgehead atoms. The standard InChI is InChI=1S/C14H17N3O2S/c1-19-7-3-6-16-13(18)8-12-10-20-14(17-12)11-4-2-5-15-9-11/h2,4-5,9-10H,3,6-8H2,1H3,(H,16,18). The first-order valence-electron chi connectivity index (χ1n) is 6.40. The van der Waals surface area contributed by atoms with Gasteiger partial charge in [-0.15, -0.1) is 11.3 Å². The molecular formula is C14H17N3O2S. The van der Waals surface area contributed by atoms with Crippen molar-refractivity contribution in [2.75, 3.05) is 20.3 Å². The number of ether oxygens (including phenoxy) is 1. The highest BCUT2D eigenvalue weighted by Crippen LogP contribution is 2.22. The van der Waals surface area contributed by atoms with Crippen molar-refractivity contribution in [1.82, 2.24) is 15.3 Å². The van der Waals surface area contributed by atoms with E-state index in [2.05, 4.69) is 15.3 Å². The van der Waals surface area contributed by atoms with Crippen LogP contribution in [0.1, 0.15) is 12.1 Å². The number of methoxy groups -OCH3 is 1. The molecule has 0 aliphatic heterocycles. The number of nitrogens with zero attached hydrogens (tertiary/aromatic N) is 2. The molecule has 0 aliphatic rings. The number of hydrogen-bond donors (Lipinski definition) is 1. The lowest BCUT2D eigenvalue weighted by molar-refractivity contribution is -0.120. The first-order chi connectivity index (χ1) is 9.79. The highest BCUT2D eigenvalue weighted by atomic mass is 32.1. The molecule has 2 heterocycles. The molecule has 6 heteroatoms. The van der Waals surface area contributed by atoms with Crippen molar-refractivity contribution in [3.05, 3.63) is 35.6 Å². The molecule has 0 radical (unpaired) electrons. The highest BCUT2D eigenvalue weighted by molar-refractivity contribution is 7.13. The lowest BCUT2D eigenvalue weighted by Gasteiger charge is -2.03. The predicted octanol–water partition coefficient (Wildman–Crippen LogP) is 1.90. The molecule has 1 amide bonds. The third-order valence-corrected chi connectivity index (χ3v) is 3.59. The first kappa shape index (κ1) is 14.6. The van der Waals surface area contributed by atoms with Crippen LogP contribution in [-0.2, 0) is 16.0 Å². The van der Waals surface area contributed by atoms with Crippen LogP contribution in [0.15, 0.2) is 29.9 Å². The van der Waals surface area contributed by atoms with Gasteiger partial charge in [0.15, 0.2) is 0 Å². The predicted molar refractivity (Wildman–Crippen MR) is 78.6 cm³/mol. The number of thiazole rings is 1. The van der Waals surface area contributed by atoms with E-state index >= 15 is 0 Å². The maximum absolute atomic E-state index is 11.7. The van der Waals surface area contributed by atoms with Gasteiger partial charge in [0.2, 0.25) is 5.91 Å². The summed E-state index contributed by atoms with van der Waals surface area (Å²) < 4.78 is 4.93. The summed E-state index contributed by atoms with van der Waals surface area (Å²) in [5.41, 5.74) is 1.77. The van der Waals surface area contributed by atoms with E-state index in [1.807, 2.05) is 17.5 Å². The van der Waals surface area contributed by atoms with Gasteiger partial charge in [0.05, 0.1) is 12.1 Å². The van der Waals surface area contributed by atoms with E-state index in [0.717, 1.165) is 22.7 Å². The molecule has 0 saturated heterocycles. The highest BCUT2D eigenvalue weighted by Gasteiger charge is 2.08. The molecule has 2 aromatic rings. The lowest BCUT2D eigenvalue weighted by atomic mass is 10.3. The molecule has 0 fully saturated rings. The summed E-state index contributed by atoms with van der Waals surface area (Å²) in [5.74, 6) is -0.0101. The molecule has 1 N–H and O–H groups in total. The Hall–Kier alpha value is -1.79. The van der Waals surface area contributed by atoms with E-state index < -0.39 is 0 Å². The van der Waals surface area contributed by atoms with Crippen molar-refractivity contribution >= 4 is 17.2 Å². The second-order valence-corrected chi connectivity index (χ2v) is 5.12. The van der Waals surface area contributed by atoms with Crippen molar-refractivity contribution in [1.29, 1.82) is 0 Å². The van der Waals surface area contributed by atoms with Crippen LogP contribution in [0.2, 0.25) is 0 Å². The van der Waals surface area contributed by atoms with E-state index in [1.165, 1.54) is 11.3 Å². The SMILES string of the molecule is COCCCNC(=O)Cc1csc(-c2cccnc2)n1. The minimum absolute atomic E-state index is 0.0101. The Balaban J connectivity index is 1.85. The van der Waals surface area contributed by atoms with Crippen molar-refractivity contribution in [2.24, 2.45) is 0 Å². The summed E-state index contributed by atoms with van der Waals surface area (Å²) in [5, 5.41) is 5.65. The molecule has 0 atom stereocenters. The Labute approximate surface area is 122 Å². The van der Waals surface area contributed by atoms with Gasteiger partial charge in [-0.2, -0.15) is 0 Å². The molecular weight excluding hydrogens is 274 g/mol. The van der Waals surface area contributed by atoms with Gasteiger partial charge in [0.1, 0.15) is 5.01 Å². The van der Waals surface area contributed by atoms with Crippen LogP contribution in [0.25, 0.3) is 10.6 Å². The molecule has 0 aromatic carbocycles. The topological polar surface area (TPSA) is 64.1 Å². The van der Waals surface area contributed by atoms with Crippen LogP contribution in [0.5, 0.6) is 0 Å². The van der Waals surface area contributed by atoms with Gasteiger partial charge in [-0.25, -0.2) is 4.98 Å². The van der Waals surface area contributed by atoms with E-state index in [4.69, 9.17) is 4.74 Å². The lowest BCUT2D eigenvalue weighted by Crippen LogP contribution is -2.26. The molecule has 0 spiro atoms. The van der Waals surface area contributed by atoms with Crippen LogP contribution >= 0.6 is 11.3 Å². The summed E-state index contributed by atoms with van der Waals surface area (Å²) in [4.78, 5) is 20.2. The average Bonchev–Trinajstić information content (AvgIpc) is 2.93. The molecule has 2 aromatic heterocycles. The number of nitrogens with one attached hydrogen (secondary N) is 1. The Kier molecular flexibility index (Phi) is 5.64. The van der Waals surface area contributed by atoms with Crippen LogP contribution in [0, 0.1) is 0 Å². The summed E-state index contributed by atoms with van der Waals surface area (Å²) in [6.45, 7) is 1.29. The van der Waals surface area contributed by atoms with Crippen LogP contribution in [-0.4, -0.2) is 36.1 Å². The van der Waals surface area contributed by atoms with Gasteiger partial charge in [-0.3, -0.25) is 9.78 Å². The minimum atomic E-state index is -0.0101. The Morgan fingerprint density at radius 1 is 1.50 bits per heavy atom. The van der Waals surface area contributed by atoms with Crippen LogP contribution < -0.4 is 5.32 Å². The van der Waals surface area contributed by atoms with Gasteiger partial charge in [-0.05, 0) is 18.6 Å². The number of carbonyl (C=O) groups excluding carboxylic acids is 1. The number of aromatic nitrogens is 2. The fourth-order valence-corrected chi connectivity index (χ4v) is 2.49. The number of carbonyl (C=O) groups is 1. The number of amides is 1. The maximum atomic E-state index is 11.7. The van der Waals surface area contributed by atoms with E-state index in [9.17, 15) is 4.79 Å². The summed E-state index contributed by atoms with van der Waals surface area (Å²) >= 11 is 1.53. The quantitative estimate of drug-likeness (QED) is 0.791. The van der Waals surface area contributed by atoms with Crippen LogP contribution in [0.4, 0.5) is 0 Å². The Morgan fingerprint density at radius 3 is 3.15 bits per heavy atom. The minimum Gasteiger partial charge on any atom is -0.385 e. The molecule has 106 valence electrons. The normalized spacial score (nSPS) is 10.4. The third-order valence-electron chi connectivity index (χ3n) is 2.65. The van der Waals surface area contributed by atoms with Gasteiger partial charge < -0.3 is 10.1 Å². The van der Waals surface area contributed by atoms with Gasteiger partial charge in [0.25, 0.3) is 0 Å². The molecule has 0 saturated carbocycles. The van der Waals surface area contributed by atoms with Crippen molar-refractivity contribution in [3.63, 3.8) is 0 Å². The molecule has 2 rings (SSSR count). The zero-order valence-corrected chi connectivity index (χ0v) is 12.2. The van der Waals surface area contributed by atoms with Gasteiger partial charge in [0, 0.05) is 43.6 Å². The smallest absolute Gasteiger partial charge is 0.226 e. The molecule has 20 heavy (non-hydrogen) atoms. The largest absolute Gasteiger partial charge is 0.385 e. The average molecular weight is 291 g/mol. The van der Waals surface area contributed by atoms with Crippen molar-refractivity contribution < 1.29 is 9.53 Å². The van der Waals surface area contributed by atoms with Gasteiger partial charge >= 0.3 is 0 Å². The zero-order chi connectivity index (χ0) is 14.2. The van der Waals surface area contributed by atoms with E-state index in [1.54, 1.807) is 19.5 Å². The fraction of sp³-hybridized carbons (Fsp3) is 0.357. The van der Waals surface area contributed by atoms with E-state index in [0.29, 0.717) is 19.6 Å². The van der Waals surface area contributed by atoms with Gasteiger partial charge in [-0.1, -0.05) is 0 Å². The summed E-state index contributed by atoms with van der Waals surface area (Å²) in [7, 11) is 1.65. The Morgan fingerprint density at radius 2 is 2.40 bits per heavy atom. The number of hydrogen-bond acceptors (Lipinski definition) is 5. The van der Waals surface area contributed by atoms with Crippen LogP contribution in [0.3, 0.4) is 0 Å². The Bertz CT molecular complexity index is 542. The van der Waals surface area contributed by atoms with Crippen molar-refractivity contribution in [3.8, 4) is 10.6 Å². The van der Waals surface area contributed by atoms with Crippen molar-refractivity contribution in [2.45, 2.75) is 12.8 Å². The monoisotopic (exact) mass is 291 g/mol. The van der Waals surface area contributed by atoms with E-state index in [-0.39, 0.29) is 5.91 Å². The fourth-order valence-electron chi connectivity index (χ4n) is 1.68. The summed E-state index contributed by atoms with van der Waals surface area (Å²) in [6, 6.07) is 3.83. The number of pyridine rings is 1.